The van der Waals surface area contributed by atoms with Crippen LogP contribution in [0.15, 0.2) is 18.2 Å². The second kappa shape index (κ2) is 7.75. The van der Waals surface area contributed by atoms with Crippen molar-refractivity contribution in [2.24, 2.45) is 11.1 Å². The highest BCUT2D eigenvalue weighted by Gasteiger charge is 2.33. The first-order valence-electron chi connectivity index (χ1n) is 8.19. The Balaban J connectivity index is 2.19. The van der Waals surface area contributed by atoms with Crippen molar-refractivity contribution in [1.29, 1.82) is 0 Å². The third kappa shape index (κ3) is 4.00. The normalized spacial score (nSPS) is 15.6. The molecule has 6 heteroatoms. The number of halogens is 1. The van der Waals surface area contributed by atoms with Crippen LogP contribution in [0.5, 0.6) is 0 Å². The molecule has 0 bridgehead atoms. The van der Waals surface area contributed by atoms with Crippen molar-refractivity contribution in [3.05, 3.63) is 24.0 Å². The summed E-state index contributed by atoms with van der Waals surface area (Å²) in [5.41, 5.74) is 6.43. The van der Waals surface area contributed by atoms with Crippen molar-refractivity contribution in [1.82, 2.24) is 0 Å². The quantitative estimate of drug-likeness (QED) is 0.843. The van der Waals surface area contributed by atoms with Crippen LogP contribution in [-0.4, -0.2) is 38.8 Å². The molecule has 23 heavy (non-hydrogen) atoms. The zero-order valence-electron chi connectivity index (χ0n) is 13.9. The standard InChI is InChI=1S/C17H26FN3O2/c1-3-17(4-2,12-19)16(22)20-14-9-13(18)10-15(11-14)21-5-7-23-8-6-21/h9-11H,3-8,12,19H2,1-2H3,(H,20,22). The monoisotopic (exact) mass is 323 g/mol. The molecule has 1 aromatic rings. The van der Waals surface area contributed by atoms with E-state index in [1.807, 2.05) is 13.8 Å². The summed E-state index contributed by atoms with van der Waals surface area (Å²) in [5.74, 6) is -0.515. The van der Waals surface area contributed by atoms with Gasteiger partial charge in [0.05, 0.1) is 18.6 Å². The van der Waals surface area contributed by atoms with Crippen molar-refractivity contribution in [3.8, 4) is 0 Å². The Bertz CT molecular complexity index is 532. The van der Waals surface area contributed by atoms with Gasteiger partial charge in [0.2, 0.25) is 5.91 Å². The minimum absolute atomic E-state index is 0.150. The maximum atomic E-state index is 13.9. The van der Waals surface area contributed by atoms with Crippen molar-refractivity contribution in [2.75, 3.05) is 43.1 Å². The SMILES string of the molecule is CCC(CC)(CN)C(=O)Nc1cc(F)cc(N2CCOCC2)c1. The lowest BCUT2D eigenvalue weighted by Gasteiger charge is -2.30. The first-order valence-corrected chi connectivity index (χ1v) is 8.19. The topological polar surface area (TPSA) is 67.6 Å². The zero-order valence-corrected chi connectivity index (χ0v) is 13.9. The lowest BCUT2D eigenvalue weighted by atomic mass is 9.81. The van der Waals surface area contributed by atoms with E-state index in [9.17, 15) is 9.18 Å². The fourth-order valence-electron chi connectivity index (χ4n) is 2.87. The van der Waals surface area contributed by atoms with Gasteiger partial charge in [-0.15, -0.1) is 0 Å². The van der Waals surface area contributed by atoms with Crippen LogP contribution in [0.25, 0.3) is 0 Å². The molecule has 1 saturated heterocycles. The van der Waals surface area contributed by atoms with E-state index in [1.54, 1.807) is 6.07 Å². The number of amides is 1. The number of carbonyl (C=O) groups is 1. The number of hydrogen-bond acceptors (Lipinski definition) is 4. The average molecular weight is 323 g/mol. The number of nitrogens with zero attached hydrogens (tertiary/aromatic N) is 1. The summed E-state index contributed by atoms with van der Waals surface area (Å²) in [6.45, 7) is 6.85. The predicted molar refractivity (Wildman–Crippen MR) is 90.1 cm³/mol. The van der Waals surface area contributed by atoms with Gasteiger partial charge in [-0.1, -0.05) is 13.8 Å². The maximum Gasteiger partial charge on any atom is 0.231 e. The molecule has 1 fully saturated rings. The first kappa shape index (κ1) is 17.7. The van der Waals surface area contributed by atoms with E-state index in [4.69, 9.17) is 10.5 Å². The van der Waals surface area contributed by atoms with Gasteiger partial charge in [-0.05, 0) is 31.0 Å². The highest BCUT2D eigenvalue weighted by molar-refractivity contribution is 5.95. The molecule has 2 rings (SSSR count). The van der Waals surface area contributed by atoms with Crippen molar-refractivity contribution in [3.63, 3.8) is 0 Å². The fourth-order valence-corrected chi connectivity index (χ4v) is 2.87. The number of rotatable bonds is 6. The van der Waals surface area contributed by atoms with Crippen LogP contribution < -0.4 is 16.0 Å². The van der Waals surface area contributed by atoms with E-state index >= 15 is 0 Å². The number of anilines is 2. The second-order valence-corrected chi connectivity index (χ2v) is 5.94. The van der Waals surface area contributed by atoms with Gasteiger partial charge in [0.1, 0.15) is 5.82 Å². The molecule has 1 aliphatic rings. The summed E-state index contributed by atoms with van der Waals surface area (Å²) in [7, 11) is 0. The van der Waals surface area contributed by atoms with Crippen LogP contribution in [0.3, 0.4) is 0 Å². The van der Waals surface area contributed by atoms with Crippen LogP contribution in [0.4, 0.5) is 15.8 Å². The first-order chi connectivity index (χ1) is 11.0. The molecule has 0 saturated carbocycles. The summed E-state index contributed by atoms with van der Waals surface area (Å²) in [4.78, 5) is 14.6. The number of carbonyl (C=O) groups excluding carboxylic acids is 1. The van der Waals surface area contributed by atoms with E-state index in [0.717, 1.165) is 5.69 Å². The maximum absolute atomic E-state index is 13.9. The Morgan fingerprint density at radius 3 is 2.52 bits per heavy atom. The van der Waals surface area contributed by atoms with Crippen LogP contribution in [0.1, 0.15) is 26.7 Å². The van der Waals surface area contributed by atoms with Gasteiger partial charge in [-0.3, -0.25) is 4.79 Å². The van der Waals surface area contributed by atoms with Crippen LogP contribution >= 0.6 is 0 Å². The third-order valence-electron chi connectivity index (χ3n) is 4.74. The van der Waals surface area contributed by atoms with Gasteiger partial charge in [-0.25, -0.2) is 4.39 Å². The summed E-state index contributed by atoms with van der Waals surface area (Å²) in [6.07, 6.45) is 1.30. The third-order valence-corrected chi connectivity index (χ3v) is 4.74. The van der Waals surface area contributed by atoms with Crippen molar-refractivity contribution < 1.29 is 13.9 Å². The number of ether oxygens (including phenoxy) is 1. The van der Waals surface area contributed by atoms with E-state index in [2.05, 4.69) is 10.2 Å². The smallest absolute Gasteiger partial charge is 0.231 e. The van der Waals surface area contributed by atoms with E-state index < -0.39 is 5.41 Å². The predicted octanol–water partition coefficient (Wildman–Crippen LogP) is 2.37. The molecule has 5 nitrogen and oxygen atoms in total. The average Bonchev–Trinajstić information content (AvgIpc) is 2.57. The molecule has 128 valence electrons. The Morgan fingerprint density at radius 2 is 1.96 bits per heavy atom. The van der Waals surface area contributed by atoms with Crippen molar-refractivity contribution >= 4 is 17.3 Å². The number of nitrogens with two attached hydrogens (primary N) is 1. The summed E-state index contributed by atoms with van der Waals surface area (Å²) in [6, 6.07) is 4.63. The van der Waals surface area contributed by atoms with E-state index in [0.29, 0.717) is 44.8 Å². The van der Waals surface area contributed by atoms with Gasteiger partial charge in [0, 0.05) is 31.0 Å². The molecule has 0 aliphatic carbocycles. The largest absolute Gasteiger partial charge is 0.378 e. The summed E-state index contributed by atoms with van der Waals surface area (Å²) < 4.78 is 19.3. The molecule has 3 N–H and O–H groups in total. The summed E-state index contributed by atoms with van der Waals surface area (Å²) in [5, 5.41) is 2.84. The van der Waals surface area contributed by atoms with Gasteiger partial charge in [-0.2, -0.15) is 0 Å². The minimum Gasteiger partial charge on any atom is -0.378 e. The molecule has 0 atom stereocenters. The number of nitrogens with one attached hydrogen (secondary N) is 1. The molecule has 1 aliphatic heterocycles. The van der Waals surface area contributed by atoms with E-state index in [-0.39, 0.29) is 18.3 Å². The summed E-state index contributed by atoms with van der Waals surface area (Å²) >= 11 is 0. The van der Waals surface area contributed by atoms with Gasteiger partial charge >= 0.3 is 0 Å². The highest BCUT2D eigenvalue weighted by Crippen LogP contribution is 2.29. The molecule has 1 aromatic carbocycles. The lowest BCUT2D eigenvalue weighted by Crippen LogP contribution is -2.41. The molecule has 0 aromatic heterocycles. The fraction of sp³-hybridized carbons (Fsp3) is 0.588. The number of benzene rings is 1. The van der Waals surface area contributed by atoms with Gasteiger partial charge in [0.25, 0.3) is 0 Å². The Kier molecular flexibility index (Phi) is 5.96. The number of morpholine rings is 1. The molecular weight excluding hydrogens is 297 g/mol. The number of hydrogen-bond donors (Lipinski definition) is 2. The van der Waals surface area contributed by atoms with Crippen molar-refractivity contribution in [2.45, 2.75) is 26.7 Å². The molecule has 0 unspecified atom stereocenters. The van der Waals surface area contributed by atoms with Gasteiger partial charge < -0.3 is 20.7 Å². The zero-order chi connectivity index (χ0) is 16.9. The van der Waals surface area contributed by atoms with E-state index in [1.165, 1.54) is 12.1 Å². The van der Waals surface area contributed by atoms with Crippen LogP contribution in [-0.2, 0) is 9.53 Å². The molecule has 1 heterocycles. The molecule has 0 spiro atoms. The van der Waals surface area contributed by atoms with Crippen LogP contribution in [0, 0.1) is 11.2 Å². The Hall–Kier alpha value is -1.66. The molecular formula is C17H26FN3O2. The van der Waals surface area contributed by atoms with Gasteiger partial charge in [0.15, 0.2) is 0 Å². The molecule has 1 amide bonds. The Morgan fingerprint density at radius 1 is 1.30 bits per heavy atom. The molecule has 0 radical (unpaired) electrons. The minimum atomic E-state index is -0.606. The lowest BCUT2D eigenvalue weighted by molar-refractivity contribution is -0.125. The Labute approximate surface area is 137 Å². The highest BCUT2D eigenvalue weighted by atomic mass is 19.1. The second-order valence-electron chi connectivity index (χ2n) is 5.94. The van der Waals surface area contributed by atoms with Crippen LogP contribution in [0.2, 0.25) is 0 Å².